The number of benzene rings is 1. The zero-order chi connectivity index (χ0) is 18.1. The Balaban J connectivity index is 1.50. The van der Waals surface area contributed by atoms with Crippen molar-refractivity contribution in [2.45, 2.75) is 18.9 Å². The van der Waals surface area contributed by atoms with E-state index in [-0.39, 0.29) is 11.9 Å². The zero-order valence-electron chi connectivity index (χ0n) is 15.0. The molecule has 0 atom stereocenters. The van der Waals surface area contributed by atoms with E-state index in [1.165, 1.54) is 12.8 Å². The number of nitrogen functional groups attached to an aromatic ring is 1. The third-order valence-electron chi connectivity index (χ3n) is 4.89. The molecule has 0 unspecified atom stereocenters. The van der Waals surface area contributed by atoms with Crippen LogP contribution in [0.1, 0.15) is 23.2 Å². The number of piperazine rings is 1. The van der Waals surface area contributed by atoms with Crippen molar-refractivity contribution in [3.63, 3.8) is 0 Å². The lowest BCUT2D eigenvalue weighted by atomic mass is 10.1. The van der Waals surface area contributed by atoms with Crippen molar-refractivity contribution in [1.29, 1.82) is 0 Å². The molecule has 4 rings (SSSR count). The molecule has 2 heterocycles. The molecule has 2 aliphatic rings. The van der Waals surface area contributed by atoms with E-state index in [0.29, 0.717) is 11.6 Å². The van der Waals surface area contributed by atoms with Crippen molar-refractivity contribution < 1.29 is 4.79 Å². The van der Waals surface area contributed by atoms with Crippen LogP contribution in [0.15, 0.2) is 30.3 Å². The fourth-order valence-electron chi connectivity index (χ4n) is 3.10. The number of hydrogen-bond acceptors (Lipinski definition) is 6. The fourth-order valence-corrected chi connectivity index (χ4v) is 3.10. The Morgan fingerprint density at radius 1 is 1.12 bits per heavy atom. The highest BCUT2D eigenvalue weighted by Crippen LogP contribution is 2.27. The minimum absolute atomic E-state index is 0.0861. The Hall–Kier alpha value is -2.67. The van der Waals surface area contributed by atoms with Crippen LogP contribution in [0.25, 0.3) is 11.3 Å². The summed E-state index contributed by atoms with van der Waals surface area (Å²) in [7, 11) is 2.08. The molecule has 2 fully saturated rings. The van der Waals surface area contributed by atoms with E-state index in [4.69, 9.17) is 5.73 Å². The van der Waals surface area contributed by atoms with Gasteiger partial charge in [-0.05, 0) is 32.0 Å². The summed E-state index contributed by atoms with van der Waals surface area (Å²) >= 11 is 0. The monoisotopic (exact) mass is 352 g/mol. The second-order valence-corrected chi connectivity index (χ2v) is 7.09. The summed E-state index contributed by atoms with van der Waals surface area (Å²) in [4.78, 5) is 25.4. The number of hydrogen-bond donors (Lipinski definition) is 2. The number of likely N-dealkylation sites (N-methyl/N-ethyl adjacent to an activating group) is 1. The van der Waals surface area contributed by atoms with Crippen LogP contribution in [-0.4, -0.2) is 64.9 Å². The van der Waals surface area contributed by atoms with Crippen LogP contribution in [0.4, 0.5) is 11.8 Å². The molecule has 2 aromatic rings. The van der Waals surface area contributed by atoms with Gasteiger partial charge >= 0.3 is 0 Å². The third kappa shape index (κ3) is 3.77. The Kier molecular flexibility index (Phi) is 4.46. The number of amides is 1. The lowest BCUT2D eigenvalue weighted by Crippen LogP contribution is -2.47. The normalized spacial score (nSPS) is 18.0. The summed E-state index contributed by atoms with van der Waals surface area (Å²) in [6.07, 6.45) is 2.34. The smallest absolute Gasteiger partial charge is 0.253 e. The van der Waals surface area contributed by atoms with Gasteiger partial charge in [0.25, 0.3) is 5.91 Å². The molecule has 3 N–H and O–H groups in total. The van der Waals surface area contributed by atoms with Gasteiger partial charge in [-0.25, -0.2) is 4.98 Å². The number of carbonyl (C=O) groups is 1. The minimum atomic E-state index is 0.0861. The number of nitrogens with two attached hydrogens (primary N) is 1. The van der Waals surface area contributed by atoms with Gasteiger partial charge in [-0.3, -0.25) is 4.79 Å². The van der Waals surface area contributed by atoms with Gasteiger partial charge in [0.15, 0.2) is 0 Å². The van der Waals surface area contributed by atoms with Gasteiger partial charge in [0.1, 0.15) is 5.82 Å². The van der Waals surface area contributed by atoms with Crippen LogP contribution in [0.2, 0.25) is 0 Å². The summed E-state index contributed by atoms with van der Waals surface area (Å²) in [5.41, 5.74) is 8.25. The number of aromatic nitrogens is 2. The van der Waals surface area contributed by atoms with Gasteiger partial charge in [0.2, 0.25) is 5.95 Å². The minimum Gasteiger partial charge on any atom is -0.368 e. The Morgan fingerprint density at radius 3 is 2.46 bits per heavy atom. The molecular formula is C19H24N6O. The van der Waals surface area contributed by atoms with E-state index in [0.717, 1.165) is 43.3 Å². The molecule has 1 saturated carbocycles. The third-order valence-corrected chi connectivity index (χ3v) is 4.89. The molecule has 1 amide bonds. The van der Waals surface area contributed by atoms with Crippen LogP contribution >= 0.6 is 0 Å². The molecule has 7 heteroatoms. The van der Waals surface area contributed by atoms with Gasteiger partial charge in [-0.1, -0.05) is 12.1 Å². The van der Waals surface area contributed by atoms with E-state index < -0.39 is 0 Å². The maximum absolute atomic E-state index is 12.6. The number of carbonyl (C=O) groups excluding carboxylic acids is 1. The van der Waals surface area contributed by atoms with Crippen molar-refractivity contribution >= 4 is 17.7 Å². The highest BCUT2D eigenvalue weighted by atomic mass is 16.2. The van der Waals surface area contributed by atoms with Crippen molar-refractivity contribution in [2.75, 3.05) is 44.3 Å². The molecule has 0 spiro atoms. The van der Waals surface area contributed by atoms with Crippen LogP contribution in [0.5, 0.6) is 0 Å². The number of rotatable bonds is 4. The van der Waals surface area contributed by atoms with Crippen LogP contribution in [0, 0.1) is 0 Å². The largest absolute Gasteiger partial charge is 0.368 e. The average Bonchev–Trinajstić information content (AvgIpc) is 3.45. The molecule has 0 radical (unpaired) electrons. The molecule has 0 bridgehead atoms. The summed E-state index contributed by atoms with van der Waals surface area (Å²) in [6, 6.07) is 9.98. The van der Waals surface area contributed by atoms with Gasteiger partial charge in [-0.15, -0.1) is 0 Å². The standard InChI is InChI=1S/C19H24N6O/c1-24-8-10-25(11-9-24)18(26)14-4-2-13(3-5-14)16-12-17(21-15-6-7-15)23-19(20)22-16/h2-5,12,15H,6-11H2,1H3,(H3,20,21,22,23). The predicted octanol–water partition coefficient (Wildman–Crippen LogP) is 1.69. The van der Waals surface area contributed by atoms with E-state index in [2.05, 4.69) is 27.2 Å². The second-order valence-electron chi connectivity index (χ2n) is 7.09. The predicted molar refractivity (Wildman–Crippen MR) is 102 cm³/mol. The van der Waals surface area contributed by atoms with Gasteiger partial charge in [0, 0.05) is 49.4 Å². The summed E-state index contributed by atoms with van der Waals surface area (Å²) in [5.74, 6) is 1.10. The first-order chi connectivity index (χ1) is 12.6. The molecule has 1 aliphatic carbocycles. The molecule has 136 valence electrons. The zero-order valence-corrected chi connectivity index (χ0v) is 15.0. The molecular weight excluding hydrogens is 328 g/mol. The number of anilines is 2. The average molecular weight is 352 g/mol. The molecule has 1 aromatic carbocycles. The molecule has 1 aromatic heterocycles. The molecule has 1 saturated heterocycles. The number of nitrogens with one attached hydrogen (secondary N) is 1. The van der Waals surface area contributed by atoms with Crippen molar-refractivity contribution in [3.05, 3.63) is 35.9 Å². The van der Waals surface area contributed by atoms with Gasteiger partial charge in [-0.2, -0.15) is 4.98 Å². The molecule has 26 heavy (non-hydrogen) atoms. The maximum atomic E-state index is 12.6. The van der Waals surface area contributed by atoms with Crippen LogP contribution < -0.4 is 11.1 Å². The van der Waals surface area contributed by atoms with E-state index >= 15 is 0 Å². The SMILES string of the molecule is CN1CCN(C(=O)c2ccc(-c3cc(NC4CC4)nc(N)n3)cc2)CC1. The second kappa shape index (κ2) is 6.92. The summed E-state index contributed by atoms with van der Waals surface area (Å²) in [6.45, 7) is 3.38. The maximum Gasteiger partial charge on any atom is 0.253 e. The first-order valence-corrected chi connectivity index (χ1v) is 9.08. The van der Waals surface area contributed by atoms with Crippen molar-refractivity contribution in [1.82, 2.24) is 19.8 Å². The topological polar surface area (TPSA) is 87.4 Å². The first-order valence-electron chi connectivity index (χ1n) is 9.08. The lowest BCUT2D eigenvalue weighted by molar-refractivity contribution is 0.0664. The molecule has 1 aliphatic heterocycles. The summed E-state index contributed by atoms with van der Waals surface area (Å²) in [5, 5.41) is 3.35. The highest BCUT2D eigenvalue weighted by Gasteiger charge is 2.22. The Labute approximate surface area is 153 Å². The van der Waals surface area contributed by atoms with Gasteiger partial charge in [0.05, 0.1) is 5.69 Å². The van der Waals surface area contributed by atoms with Crippen molar-refractivity contribution in [3.8, 4) is 11.3 Å². The number of nitrogens with zero attached hydrogens (tertiary/aromatic N) is 4. The highest BCUT2D eigenvalue weighted by molar-refractivity contribution is 5.94. The van der Waals surface area contributed by atoms with Gasteiger partial charge < -0.3 is 20.9 Å². The van der Waals surface area contributed by atoms with Crippen molar-refractivity contribution in [2.24, 2.45) is 0 Å². The summed E-state index contributed by atoms with van der Waals surface area (Å²) < 4.78 is 0. The quantitative estimate of drug-likeness (QED) is 0.871. The lowest BCUT2D eigenvalue weighted by Gasteiger charge is -2.32. The Bertz CT molecular complexity index is 794. The van der Waals surface area contributed by atoms with Crippen LogP contribution in [-0.2, 0) is 0 Å². The van der Waals surface area contributed by atoms with Crippen LogP contribution in [0.3, 0.4) is 0 Å². The van der Waals surface area contributed by atoms with E-state index in [9.17, 15) is 4.79 Å². The molecule has 7 nitrogen and oxygen atoms in total. The van der Waals surface area contributed by atoms with E-state index in [1.54, 1.807) is 0 Å². The Morgan fingerprint density at radius 2 is 1.81 bits per heavy atom. The first kappa shape index (κ1) is 16.8. The van der Waals surface area contributed by atoms with E-state index in [1.807, 2.05) is 35.2 Å². The fraction of sp³-hybridized carbons (Fsp3) is 0.421.